The van der Waals surface area contributed by atoms with Crippen molar-refractivity contribution in [1.82, 2.24) is 9.88 Å². The van der Waals surface area contributed by atoms with Crippen LogP contribution in [0.2, 0.25) is 0 Å². The first-order valence-corrected chi connectivity index (χ1v) is 8.65. The number of aromatic nitrogens is 1. The number of pyridine rings is 1. The second kappa shape index (κ2) is 7.25. The summed E-state index contributed by atoms with van der Waals surface area (Å²) in [5.74, 6) is 1.56. The van der Waals surface area contributed by atoms with Crippen molar-refractivity contribution >= 4 is 21.7 Å². The van der Waals surface area contributed by atoms with Crippen LogP contribution in [0.5, 0.6) is 0 Å². The van der Waals surface area contributed by atoms with E-state index in [9.17, 15) is 0 Å². The van der Waals surface area contributed by atoms with Crippen LogP contribution in [0.15, 0.2) is 53.1 Å². The molecule has 0 radical (unpaired) electrons. The number of benzene rings is 1. The van der Waals surface area contributed by atoms with E-state index in [2.05, 4.69) is 68.4 Å². The van der Waals surface area contributed by atoms with Gasteiger partial charge in [0.1, 0.15) is 5.82 Å². The predicted octanol–water partition coefficient (Wildman–Crippen LogP) is 4.17. The molecule has 2 atom stereocenters. The van der Waals surface area contributed by atoms with E-state index in [1.54, 1.807) is 0 Å². The Bertz CT molecular complexity index is 602. The number of anilines is 1. The summed E-state index contributed by atoms with van der Waals surface area (Å²) in [6.45, 7) is 5.62. The smallest absolute Gasteiger partial charge is 0.140 e. The molecule has 116 valence electrons. The van der Waals surface area contributed by atoms with E-state index < -0.39 is 0 Å². The molecule has 4 heteroatoms. The summed E-state index contributed by atoms with van der Waals surface area (Å²) < 4.78 is 1.04. The number of piperidine rings is 1. The zero-order valence-corrected chi connectivity index (χ0v) is 14.5. The van der Waals surface area contributed by atoms with Gasteiger partial charge in [0.15, 0.2) is 0 Å². The van der Waals surface area contributed by atoms with Gasteiger partial charge in [0.25, 0.3) is 0 Å². The Balaban J connectivity index is 1.57. The lowest BCUT2D eigenvalue weighted by atomic mass is 9.93. The van der Waals surface area contributed by atoms with E-state index in [1.165, 1.54) is 5.56 Å². The van der Waals surface area contributed by atoms with Crippen LogP contribution < -0.4 is 5.32 Å². The molecule has 0 amide bonds. The number of nitrogens with zero attached hydrogens (tertiary/aromatic N) is 2. The third kappa shape index (κ3) is 3.87. The number of halogens is 1. The summed E-state index contributed by atoms with van der Waals surface area (Å²) in [5.41, 5.74) is 1.40. The first-order valence-electron chi connectivity index (χ1n) is 7.85. The van der Waals surface area contributed by atoms with Gasteiger partial charge in [-0.2, -0.15) is 0 Å². The van der Waals surface area contributed by atoms with Gasteiger partial charge >= 0.3 is 0 Å². The zero-order valence-electron chi connectivity index (χ0n) is 12.9. The second-order valence-corrected chi connectivity index (χ2v) is 6.93. The Hall–Kier alpha value is -1.39. The third-order valence-electron chi connectivity index (χ3n) is 4.32. The minimum atomic E-state index is 0.484. The number of rotatable bonds is 4. The van der Waals surface area contributed by atoms with E-state index in [-0.39, 0.29) is 0 Å². The maximum absolute atomic E-state index is 4.42. The molecule has 0 spiro atoms. The van der Waals surface area contributed by atoms with E-state index in [0.717, 1.165) is 36.3 Å². The third-order valence-corrected chi connectivity index (χ3v) is 4.96. The molecular weight excluding hydrogens is 338 g/mol. The molecule has 1 aliphatic heterocycles. The quantitative estimate of drug-likeness (QED) is 0.887. The SMILES string of the molecule is CC1CN(Cc2ccccc2)CCC1Nc1ncccc1Br. The zero-order chi connectivity index (χ0) is 15.4. The Labute approximate surface area is 140 Å². The minimum Gasteiger partial charge on any atom is -0.366 e. The van der Waals surface area contributed by atoms with Crippen LogP contribution >= 0.6 is 15.9 Å². The van der Waals surface area contributed by atoms with Gasteiger partial charge < -0.3 is 5.32 Å². The highest BCUT2D eigenvalue weighted by Gasteiger charge is 2.26. The highest BCUT2D eigenvalue weighted by atomic mass is 79.9. The fourth-order valence-corrected chi connectivity index (χ4v) is 3.47. The van der Waals surface area contributed by atoms with Gasteiger partial charge in [-0.1, -0.05) is 37.3 Å². The van der Waals surface area contributed by atoms with Crippen molar-refractivity contribution in [2.24, 2.45) is 5.92 Å². The summed E-state index contributed by atoms with van der Waals surface area (Å²) >= 11 is 3.56. The van der Waals surface area contributed by atoms with E-state index in [0.29, 0.717) is 12.0 Å². The van der Waals surface area contributed by atoms with E-state index >= 15 is 0 Å². The van der Waals surface area contributed by atoms with Crippen LogP contribution in [0, 0.1) is 5.92 Å². The summed E-state index contributed by atoms with van der Waals surface area (Å²) in [7, 11) is 0. The molecule has 2 aromatic rings. The molecule has 0 saturated carbocycles. The molecule has 22 heavy (non-hydrogen) atoms. The molecule has 1 aromatic carbocycles. The Morgan fingerprint density at radius 2 is 2.05 bits per heavy atom. The molecule has 1 saturated heterocycles. The Morgan fingerprint density at radius 3 is 2.77 bits per heavy atom. The molecule has 1 N–H and O–H groups in total. The minimum absolute atomic E-state index is 0.484. The summed E-state index contributed by atoms with van der Waals surface area (Å²) in [6, 6.07) is 15.2. The number of hydrogen-bond donors (Lipinski definition) is 1. The average molecular weight is 360 g/mol. The lowest BCUT2D eigenvalue weighted by Gasteiger charge is -2.37. The van der Waals surface area contributed by atoms with Gasteiger partial charge in [-0.3, -0.25) is 4.90 Å². The molecule has 1 aliphatic rings. The first kappa shape index (κ1) is 15.5. The fraction of sp³-hybridized carbons (Fsp3) is 0.389. The number of likely N-dealkylation sites (tertiary alicyclic amines) is 1. The lowest BCUT2D eigenvalue weighted by Crippen LogP contribution is -2.44. The molecule has 0 bridgehead atoms. The van der Waals surface area contributed by atoms with E-state index in [1.807, 2.05) is 18.3 Å². The van der Waals surface area contributed by atoms with Gasteiger partial charge in [0.2, 0.25) is 0 Å². The molecule has 2 unspecified atom stereocenters. The molecule has 1 aromatic heterocycles. The Morgan fingerprint density at radius 1 is 1.23 bits per heavy atom. The summed E-state index contributed by atoms with van der Waals surface area (Å²) in [6.07, 6.45) is 2.99. The van der Waals surface area contributed by atoms with Crippen molar-refractivity contribution in [3.05, 3.63) is 58.7 Å². The predicted molar refractivity (Wildman–Crippen MR) is 94.8 cm³/mol. The van der Waals surface area contributed by atoms with Crippen molar-refractivity contribution in [2.45, 2.75) is 25.9 Å². The van der Waals surface area contributed by atoms with Gasteiger partial charge in [-0.15, -0.1) is 0 Å². The lowest BCUT2D eigenvalue weighted by molar-refractivity contribution is 0.164. The van der Waals surface area contributed by atoms with Gasteiger partial charge in [0, 0.05) is 31.9 Å². The molecule has 3 rings (SSSR count). The summed E-state index contributed by atoms with van der Waals surface area (Å²) in [4.78, 5) is 6.97. The summed E-state index contributed by atoms with van der Waals surface area (Å²) in [5, 5.41) is 3.60. The van der Waals surface area contributed by atoms with Gasteiger partial charge in [-0.25, -0.2) is 4.98 Å². The van der Waals surface area contributed by atoms with Crippen LogP contribution in [-0.4, -0.2) is 29.0 Å². The van der Waals surface area contributed by atoms with Crippen LogP contribution in [0.4, 0.5) is 5.82 Å². The number of nitrogens with one attached hydrogen (secondary N) is 1. The molecule has 3 nitrogen and oxygen atoms in total. The van der Waals surface area contributed by atoms with Crippen molar-refractivity contribution in [2.75, 3.05) is 18.4 Å². The second-order valence-electron chi connectivity index (χ2n) is 6.07. The standard InChI is InChI=1S/C18H22BrN3/c1-14-12-22(13-15-6-3-2-4-7-15)11-9-17(14)21-18-16(19)8-5-10-20-18/h2-8,10,14,17H,9,11-13H2,1H3,(H,20,21). The van der Waals surface area contributed by atoms with Crippen molar-refractivity contribution in [3.8, 4) is 0 Å². The van der Waals surface area contributed by atoms with Crippen molar-refractivity contribution < 1.29 is 0 Å². The van der Waals surface area contributed by atoms with Crippen LogP contribution in [0.3, 0.4) is 0 Å². The maximum Gasteiger partial charge on any atom is 0.140 e. The molecule has 2 heterocycles. The fourth-order valence-electron chi connectivity index (χ4n) is 3.10. The van der Waals surface area contributed by atoms with Crippen LogP contribution in [0.1, 0.15) is 18.9 Å². The van der Waals surface area contributed by atoms with E-state index in [4.69, 9.17) is 0 Å². The Kier molecular flexibility index (Phi) is 5.11. The monoisotopic (exact) mass is 359 g/mol. The van der Waals surface area contributed by atoms with Crippen molar-refractivity contribution in [3.63, 3.8) is 0 Å². The van der Waals surface area contributed by atoms with Crippen LogP contribution in [0.25, 0.3) is 0 Å². The van der Waals surface area contributed by atoms with Crippen LogP contribution in [-0.2, 0) is 6.54 Å². The molecule has 0 aliphatic carbocycles. The molecular formula is C18H22BrN3. The number of hydrogen-bond acceptors (Lipinski definition) is 3. The topological polar surface area (TPSA) is 28.2 Å². The maximum atomic E-state index is 4.42. The highest BCUT2D eigenvalue weighted by Crippen LogP contribution is 2.25. The van der Waals surface area contributed by atoms with Gasteiger partial charge in [0.05, 0.1) is 4.47 Å². The first-order chi connectivity index (χ1) is 10.7. The largest absolute Gasteiger partial charge is 0.366 e. The van der Waals surface area contributed by atoms with Crippen molar-refractivity contribution in [1.29, 1.82) is 0 Å². The highest BCUT2D eigenvalue weighted by molar-refractivity contribution is 9.10. The normalized spacial score (nSPS) is 22.5. The molecule has 1 fully saturated rings. The average Bonchev–Trinajstić information content (AvgIpc) is 2.53. The van der Waals surface area contributed by atoms with Gasteiger partial charge in [-0.05, 0) is 46.0 Å².